The number of nitrogens with zero attached hydrogens (tertiary/aromatic N) is 1. The first-order chi connectivity index (χ1) is 9.22. The Kier molecular flexibility index (Phi) is 5.11. The number of aryl methyl sites for hydroxylation is 1. The van der Waals surface area contributed by atoms with E-state index in [0.29, 0.717) is 6.04 Å². The number of benzene rings is 1. The lowest BCUT2D eigenvalue weighted by Crippen LogP contribution is -3.00. The average molecular weight is 310 g/mol. The molecule has 2 nitrogen and oxygen atoms in total. The van der Waals surface area contributed by atoms with Gasteiger partial charge in [-0.25, -0.2) is 0 Å². The third-order valence-electron chi connectivity index (χ3n) is 3.86. The van der Waals surface area contributed by atoms with Gasteiger partial charge in [0.25, 0.3) is 0 Å². The van der Waals surface area contributed by atoms with E-state index in [0.717, 1.165) is 21.6 Å². The molecule has 1 aliphatic rings. The molecule has 0 unspecified atom stereocenters. The van der Waals surface area contributed by atoms with Crippen molar-refractivity contribution >= 4 is 28.2 Å². The first kappa shape index (κ1) is 15.4. The predicted molar refractivity (Wildman–Crippen MR) is 82.0 cm³/mol. The number of fused-ring (bicyclic) bond motifs is 1. The highest BCUT2D eigenvalue weighted by molar-refractivity contribution is 6.31. The standard InChI is InChI=1S/C16H19ClN2.ClH/c1-11-9-16(19-13-5-3-2-4-6-13)14-10-12(17)7-8-15(14)18-11;/h7-10,13H,2-6H2,1H3,(H,18,19);1H/p-1. The largest absolute Gasteiger partial charge is 1.00 e. The molecule has 0 aliphatic heterocycles. The van der Waals surface area contributed by atoms with E-state index < -0.39 is 0 Å². The summed E-state index contributed by atoms with van der Waals surface area (Å²) in [5, 5.41) is 5.59. The lowest BCUT2D eigenvalue weighted by atomic mass is 9.95. The number of rotatable bonds is 2. The van der Waals surface area contributed by atoms with Crippen molar-refractivity contribution in [2.45, 2.75) is 45.1 Å². The summed E-state index contributed by atoms with van der Waals surface area (Å²) in [6, 6.07) is 8.64. The summed E-state index contributed by atoms with van der Waals surface area (Å²) >= 11 is 6.12. The summed E-state index contributed by atoms with van der Waals surface area (Å²) in [6.07, 6.45) is 6.58. The van der Waals surface area contributed by atoms with E-state index in [1.165, 1.54) is 37.8 Å². The van der Waals surface area contributed by atoms with E-state index in [9.17, 15) is 0 Å². The SMILES string of the molecule is Cc1cc(NC2CCCCC2)c2cc(Cl)ccc2n1.[Cl-]. The number of hydrogen-bond acceptors (Lipinski definition) is 2. The zero-order valence-electron chi connectivity index (χ0n) is 11.6. The molecule has 0 spiro atoms. The van der Waals surface area contributed by atoms with Gasteiger partial charge >= 0.3 is 0 Å². The molecule has 0 atom stereocenters. The van der Waals surface area contributed by atoms with Gasteiger partial charge in [-0.2, -0.15) is 0 Å². The van der Waals surface area contributed by atoms with Crippen LogP contribution in [0.4, 0.5) is 5.69 Å². The Morgan fingerprint density at radius 2 is 1.90 bits per heavy atom. The van der Waals surface area contributed by atoms with Crippen LogP contribution in [0.15, 0.2) is 24.3 Å². The summed E-state index contributed by atoms with van der Waals surface area (Å²) in [5.74, 6) is 0. The minimum atomic E-state index is 0. The molecular formula is C16H19Cl2N2-. The third-order valence-corrected chi connectivity index (χ3v) is 4.10. The molecule has 3 rings (SSSR count). The van der Waals surface area contributed by atoms with Gasteiger partial charge in [0.1, 0.15) is 0 Å². The van der Waals surface area contributed by atoms with Gasteiger partial charge in [-0.1, -0.05) is 30.9 Å². The number of nitrogens with one attached hydrogen (secondary N) is 1. The zero-order chi connectivity index (χ0) is 13.2. The average Bonchev–Trinajstić information content (AvgIpc) is 2.41. The molecule has 0 amide bonds. The Bertz CT molecular complexity index is 592. The summed E-state index contributed by atoms with van der Waals surface area (Å²) in [7, 11) is 0. The Hall–Kier alpha value is -0.990. The maximum absolute atomic E-state index is 6.12. The molecule has 0 bridgehead atoms. The highest BCUT2D eigenvalue weighted by atomic mass is 35.5. The van der Waals surface area contributed by atoms with E-state index in [2.05, 4.69) is 16.4 Å². The number of pyridine rings is 1. The Morgan fingerprint density at radius 3 is 2.65 bits per heavy atom. The van der Waals surface area contributed by atoms with Crippen molar-refractivity contribution in [3.8, 4) is 0 Å². The molecule has 1 aliphatic carbocycles. The van der Waals surface area contributed by atoms with Crippen LogP contribution >= 0.6 is 11.6 Å². The van der Waals surface area contributed by atoms with Crippen LogP contribution in [0, 0.1) is 6.92 Å². The lowest BCUT2D eigenvalue weighted by Gasteiger charge is -2.24. The second kappa shape index (κ2) is 6.64. The maximum Gasteiger partial charge on any atom is 0.0726 e. The number of anilines is 1. The van der Waals surface area contributed by atoms with Crippen LogP contribution in [0.3, 0.4) is 0 Å². The van der Waals surface area contributed by atoms with Gasteiger partial charge in [-0.15, -0.1) is 0 Å². The van der Waals surface area contributed by atoms with Gasteiger partial charge in [-0.3, -0.25) is 4.98 Å². The van der Waals surface area contributed by atoms with E-state index in [1.54, 1.807) is 0 Å². The van der Waals surface area contributed by atoms with Crippen molar-refractivity contribution in [2.24, 2.45) is 0 Å². The Balaban J connectivity index is 0.00000147. The van der Waals surface area contributed by atoms with Crippen LogP contribution in [-0.2, 0) is 0 Å². The van der Waals surface area contributed by atoms with Crippen molar-refractivity contribution in [2.75, 3.05) is 5.32 Å². The second-order valence-electron chi connectivity index (χ2n) is 5.45. The molecule has 108 valence electrons. The molecule has 1 aromatic carbocycles. The monoisotopic (exact) mass is 309 g/mol. The lowest BCUT2D eigenvalue weighted by molar-refractivity contribution is -0.00000393. The van der Waals surface area contributed by atoms with Crippen LogP contribution in [0.5, 0.6) is 0 Å². The predicted octanol–water partition coefficient (Wildman–Crippen LogP) is 1.95. The van der Waals surface area contributed by atoms with Crippen molar-refractivity contribution in [3.05, 3.63) is 35.0 Å². The highest BCUT2D eigenvalue weighted by Crippen LogP contribution is 2.29. The van der Waals surface area contributed by atoms with Crippen LogP contribution in [0.2, 0.25) is 5.02 Å². The first-order valence-electron chi connectivity index (χ1n) is 7.06. The number of hydrogen-bond donors (Lipinski definition) is 1. The molecule has 4 heteroatoms. The van der Waals surface area contributed by atoms with Crippen molar-refractivity contribution in [1.29, 1.82) is 0 Å². The molecule has 1 heterocycles. The molecule has 2 aromatic rings. The van der Waals surface area contributed by atoms with E-state index in [1.807, 2.05) is 25.1 Å². The van der Waals surface area contributed by atoms with Gasteiger partial charge < -0.3 is 17.7 Å². The Labute approximate surface area is 131 Å². The van der Waals surface area contributed by atoms with E-state index in [4.69, 9.17) is 11.6 Å². The molecule has 0 saturated heterocycles. The maximum atomic E-state index is 6.12. The van der Waals surface area contributed by atoms with Crippen LogP contribution in [-0.4, -0.2) is 11.0 Å². The molecule has 0 radical (unpaired) electrons. The smallest absolute Gasteiger partial charge is 0.0726 e. The van der Waals surface area contributed by atoms with E-state index >= 15 is 0 Å². The fraction of sp³-hybridized carbons (Fsp3) is 0.438. The van der Waals surface area contributed by atoms with Crippen LogP contribution < -0.4 is 17.7 Å². The summed E-state index contributed by atoms with van der Waals surface area (Å²) in [4.78, 5) is 4.57. The van der Waals surface area contributed by atoms with Crippen molar-refractivity contribution in [1.82, 2.24) is 4.98 Å². The van der Waals surface area contributed by atoms with Crippen LogP contribution in [0.25, 0.3) is 10.9 Å². The van der Waals surface area contributed by atoms with Gasteiger partial charge in [0, 0.05) is 27.8 Å². The van der Waals surface area contributed by atoms with E-state index in [-0.39, 0.29) is 12.4 Å². The summed E-state index contributed by atoms with van der Waals surface area (Å²) < 4.78 is 0. The van der Waals surface area contributed by atoms with Crippen LogP contribution in [0.1, 0.15) is 37.8 Å². The minimum absolute atomic E-state index is 0. The summed E-state index contributed by atoms with van der Waals surface area (Å²) in [6.45, 7) is 2.04. The molecular weight excluding hydrogens is 291 g/mol. The molecule has 20 heavy (non-hydrogen) atoms. The normalized spacial score (nSPS) is 15.9. The van der Waals surface area contributed by atoms with Gasteiger partial charge in [0.2, 0.25) is 0 Å². The van der Waals surface area contributed by atoms with Crippen molar-refractivity contribution < 1.29 is 12.4 Å². The summed E-state index contributed by atoms with van der Waals surface area (Å²) in [5.41, 5.74) is 3.24. The highest BCUT2D eigenvalue weighted by Gasteiger charge is 2.14. The Morgan fingerprint density at radius 1 is 1.15 bits per heavy atom. The second-order valence-corrected chi connectivity index (χ2v) is 5.89. The number of halogens is 2. The molecule has 1 aromatic heterocycles. The molecule has 1 N–H and O–H groups in total. The first-order valence-corrected chi connectivity index (χ1v) is 7.43. The van der Waals surface area contributed by atoms with Gasteiger partial charge in [0.05, 0.1) is 5.52 Å². The zero-order valence-corrected chi connectivity index (χ0v) is 13.1. The topological polar surface area (TPSA) is 24.9 Å². The fourth-order valence-electron chi connectivity index (χ4n) is 2.92. The minimum Gasteiger partial charge on any atom is -1.00 e. The third kappa shape index (κ3) is 3.36. The number of aromatic nitrogens is 1. The quantitative estimate of drug-likeness (QED) is 0.917. The van der Waals surface area contributed by atoms with Gasteiger partial charge in [-0.05, 0) is 44.0 Å². The fourth-order valence-corrected chi connectivity index (χ4v) is 3.09. The van der Waals surface area contributed by atoms with Crippen molar-refractivity contribution in [3.63, 3.8) is 0 Å². The van der Waals surface area contributed by atoms with Gasteiger partial charge in [0.15, 0.2) is 0 Å². The molecule has 1 fully saturated rings. The molecule has 1 saturated carbocycles.